The van der Waals surface area contributed by atoms with E-state index in [1.54, 1.807) is 19.2 Å². The van der Waals surface area contributed by atoms with E-state index in [1.807, 2.05) is 0 Å². The summed E-state index contributed by atoms with van der Waals surface area (Å²) in [4.78, 5) is 40.3. The van der Waals surface area contributed by atoms with E-state index in [1.165, 1.54) is 25.4 Å². The third-order valence-electron chi connectivity index (χ3n) is 7.45. The van der Waals surface area contributed by atoms with Crippen LogP contribution in [-0.4, -0.2) is 113 Å². The molecule has 0 aliphatic heterocycles. The number of Topliss-reactive ketones (excluding diaryl/α,β-unsaturated/α-hetero) is 2. The fourth-order valence-electron chi connectivity index (χ4n) is 5.66. The van der Waals surface area contributed by atoms with Crippen molar-refractivity contribution >= 4 is 28.9 Å². The maximum atomic E-state index is 13.8. The quantitative estimate of drug-likeness (QED) is 0.113. The molecule has 0 saturated heterocycles. The van der Waals surface area contributed by atoms with Crippen LogP contribution >= 0.6 is 0 Å². The zero-order chi connectivity index (χ0) is 28.8. The number of fused-ring (bicyclic) bond motifs is 3. The molecule has 0 aromatic heterocycles. The maximum absolute atomic E-state index is 13.8. The van der Waals surface area contributed by atoms with Crippen molar-refractivity contribution in [3.8, 4) is 5.75 Å². The van der Waals surface area contributed by atoms with Crippen molar-refractivity contribution in [2.75, 3.05) is 52.9 Å². The molecule has 211 valence electrons. The van der Waals surface area contributed by atoms with Gasteiger partial charge in [-0.1, -0.05) is 6.07 Å². The molecule has 5 atom stereocenters. The van der Waals surface area contributed by atoms with Crippen molar-refractivity contribution in [3.05, 3.63) is 46.6 Å². The van der Waals surface area contributed by atoms with Crippen molar-refractivity contribution in [2.45, 2.75) is 17.7 Å². The Morgan fingerprint density at radius 2 is 1.85 bits per heavy atom. The first kappa shape index (κ1) is 28.5. The van der Waals surface area contributed by atoms with Crippen molar-refractivity contribution < 1.29 is 49.4 Å². The number of likely N-dealkylation sites (N-methyl/N-ethyl adjacent to an activating group) is 1. The average Bonchev–Trinajstić information content (AvgIpc) is 2.87. The minimum Gasteiger partial charge on any atom is -0.508 e. The molecule has 3 aliphatic rings. The first-order chi connectivity index (χ1) is 18.4. The molecule has 4 rings (SSSR count). The molecule has 1 aromatic carbocycles. The van der Waals surface area contributed by atoms with Gasteiger partial charge in [0.1, 0.15) is 22.8 Å². The predicted molar refractivity (Wildman–Crippen MR) is 137 cm³/mol. The monoisotopic (exact) mass is 546 g/mol. The van der Waals surface area contributed by atoms with Crippen molar-refractivity contribution in [3.63, 3.8) is 0 Å². The van der Waals surface area contributed by atoms with Gasteiger partial charge in [0.2, 0.25) is 5.78 Å². The number of rotatable bonds is 9. The number of ether oxygens (including phenoxy) is 2. The normalized spacial score (nSPS) is 28.4. The van der Waals surface area contributed by atoms with Crippen LogP contribution in [0.2, 0.25) is 0 Å². The van der Waals surface area contributed by atoms with Gasteiger partial charge in [-0.2, -0.15) is 0 Å². The SMILES string of the molecule is COCCOCCNc1ccc2c(c1O)C(O)=C1C(=O)[C@@]3(O)C(O)=C(C(N)=O)C(=O)[C@H](N(C)C)[C@H]3[C@H](O)[C@H]1[CH]2. The van der Waals surface area contributed by atoms with Gasteiger partial charge >= 0.3 is 0 Å². The molecule has 1 amide bonds. The number of nitrogens with two attached hydrogens (primary N) is 1. The number of methoxy groups -OCH3 is 1. The number of ketones is 2. The molecule has 8 N–H and O–H groups in total. The number of hydrogen-bond acceptors (Lipinski definition) is 12. The Hall–Kier alpha value is -3.49. The zero-order valence-corrected chi connectivity index (χ0v) is 21.7. The number of hydrogen-bond donors (Lipinski definition) is 7. The van der Waals surface area contributed by atoms with E-state index in [2.05, 4.69) is 5.32 Å². The molecule has 0 bridgehead atoms. The Morgan fingerprint density at radius 3 is 2.46 bits per heavy atom. The summed E-state index contributed by atoms with van der Waals surface area (Å²) in [5.74, 6) is -8.78. The van der Waals surface area contributed by atoms with Crippen LogP contribution in [0.5, 0.6) is 5.75 Å². The lowest BCUT2D eigenvalue weighted by molar-refractivity contribution is -0.167. The van der Waals surface area contributed by atoms with E-state index in [4.69, 9.17) is 15.2 Å². The van der Waals surface area contributed by atoms with Gasteiger partial charge in [0.25, 0.3) is 5.91 Å². The molecule has 1 radical (unpaired) electrons. The smallest absolute Gasteiger partial charge is 0.255 e. The number of phenols is 1. The number of phenolic OH excluding ortho intramolecular Hbond substituents is 1. The lowest BCUT2D eigenvalue weighted by atomic mass is 9.56. The van der Waals surface area contributed by atoms with Gasteiger partial charge in [0.15, 0.2) is 11.4 Å². The third-order valence-corrected chi connectivity index (χ3v) is 7.45. The number of primary amides is 1. The van der Waals surface area contributed by atoms with E-state index in [9.17, 15) is 39.9 Å². The van der Waals surface area contributed by atoms with Gasteiger partial charge in [-0.15, -0.1) is 0 Å². The van der Waals surface area contributed by atoms with Crippen LogP contribution < -0.4 is 11.1 Å². The minimum atomic E-state index is -2.96. The number of amides is 1. The molecule has 39 heavy (non-hydrogen) atoms. The second-order valence-corrected chi connectivity index (χ2v) is 9.89. The van der Waals surface area contributed by atoms with Crippen LogP contribution in [0.1, 0.15) is 11.1 Å². The van der Waals surface area contributed by atoms with Crippen molar-refractivity contribution in [1.29, 1.82) is 0 Å². The van der Waals surface area contributed by atoms with Gasteiger partial charge < -0.3 is 46.1 Å². The third kappa shape index (κ3) is 4.36. The molecule has 0 heterocycles. The van der Waals surface area contributed by atoms with Crippen LogP contribution in [0.15, 0.2) is 29.0 Å². The first-order valence-corrected chi connectivity index (χ1v) is 12.2. The summed E-state index contributed by atoms with van der Waals surface area (Å²) in [5.41, 5.74) is 1.26. The summed E-state index contributed by atoms with van der Waals surface area (Å²) in [5, 5.41) is 59.1. The molecule has 1 fully saturated rings. The lowest BCUT2D eigenvalue weighted by Crippen LogP contribution is -2.70. The Kier molecular flexibility index (Phi) is 7.74. The molecule has 0 unspecified atom stereocenters. The van der Waals surface area contributed by atoms with Gasteiger partial charge in [0, 0.05) is 31.6 Å². The number of anilines is 1. The van der Waals surface area contributed by atoms with E-state index in [-0.39, 0.29) is 11.3 Å². The number of aromatic hydroxyl groups is 1. The van der Waals surface area contributed by atoms with Crippen LogP contribution in [-0.2, 0) is 23.9 Å². The first-order valence-electron chi connectivity index (χ1n) is 12.2. The number of aliphatic hydroxyl groups is 4. The summed E-state index contributed by atoms with van der Waals surface area (Å²) in [6.07, 6.45) is -0.235. The highest BCUT2D eigenvalue weighted by Gasteiger charge is 2.67. The fraction of sp³-hybridized carbons (Fsp3) is 0.462. The lowest BCUT2D eigenvalue weighted by Gasteiger charge is -2.52. The van der Waals surface area contributed by atoms with Gasteiger partial charge in [-0.25, -0.2) is 0 Å². The van der Waals surface area contributed by atoms with Gasteiger partial charge in [-0.3, -0.25) is 19.3 Å². The average molecular weight is 547 g/mol. The Morgan fingerprint density at radius 1 is 1.15 bits per heavy atom. The van der Waals surface area contributed by atoms with E-state index in [0.717, 1.165) is 0 Å². The molecule has 3 aliphatic carbocycles. The van der Waals surface area contributed by atoms with Crippen LogP contribution in [0.25, 0.3) is 5.76 Å². The number of carbonyl (C=O) groups is 3. The fourth-order valence-corrected chi connectivity index (χ4v) is 5.66. The summed E-state index contributed by atoms with van der Waals surface area (Å²) in [7, 11) is 4.44. The summed E-state index contributed by atoms with van der Waals surface area (Å²) >= 11 is 0. The second-order valence-electron chi connectivity index (χ2n) is 9.89. The predicted octanol–water partition coefficient (Wildman–Crippen LogP) is -0.980. The largest absolute Gasteiger partial charge is 0.508 e. The number of nitrogens with one attached hydrogen (secondary N) is 1. The molecule has 1 saturated carbocycles. The van der Waals surface area contributed by atoms with E-state index < -0.39 is 75.5 Å². The Labute approximate surface area is 224 Å². The molecule has 0 spiro atoms. The Bertz CT molecular complexity index is 1270. The van der Waals surface area contributed by atoms with Crippen molar-refractivity contribution in [2.24, 2.45) is 17.6 Å². The topological polar surface area (TPSA) is 212 Å². The summed E-state index contributed by atoms with van der Waals surface area (Å²) < 4.78 is 10.3. The molecule has 1 aromatic rings. The second kappa shape index (κ2) is 10.6. The van der Waals surface area contributed by atoms with Crippen LogP contribution in [0.4, 0.5) is 5.69 Å². The molecule has 13 heteroatoms. The highest BCUT2D eigenvalue weighted by atomic mass is 16.5. The molecule has 13 nitrogen and oxygen atoms in total. The van der Waals surface area contributed by atoms with Crippen LogP contribution in [0.3, 0.4) is 0 Å². The minimum absolute atomic E-state index is 0.135. The highest BCUT2D eigenvalue weighted by Crippen LogP contribution is 2.53. The molecular formula is C26H32N3O10. The summed E-state index contributed by atoms with van der Waals surface area (Å²) in [6.45, 7) is 1.39. The summed E-state index contributed by atoms with van der Waals surface area (Å²) in [6, 6.07) is 1.70. The van der Waals surface area contributed by atoms with E-state index >= 15 is 0 Å². The van der Waals surface area contributed by atoms with Crippen LogP contribution in [0, 0.1) is 18.3 Å². The molecular weight excluding hydrogens is 514 g/mol. The number of carbonyl (C=O) groups excluding carboxylic acids is 3. The van der Waals surface area contributed by atoms with Gasteiger partial charge in [0.05, 0.1) is 49.1 Å². The Balaban J connectivity index is 1.78. The highest BCUT2D eigenvalue weighted by molar-refractivity contribution is 6.24. The number of benzene rings is 1. The van der Waals surface area contributed by atoms with E-state index in [0.29, 0.717) is 31.9 Å². The van der Waals surface area contributed by atoms with Gasteiger partial charge in [-0.05, 0) is 25.7 Å². The number of aliphatic hydroxyl groups excluding tert-OH is 3. The number of nitrogens with zero attached hydrogens (tertiary/aromatic N) is 1. The zero-order valence-electron chi connectivity index (χ0n) is 21.7. The maximum Gasteiger partial charge on any atom is 0.255 e. The van der Waals surface area contributed by atoms with Crippen molar-refractivity contribution in [1.82, 2.24) is 4.90 Å². The standard InChI is InChI=1S/C26H32N3O10/c1-29(2)18-17-19(30)12-10-11-4-5-13(28-6-7-39-9-8-38-3)20(31)14(11)21(32)15(12)23(34)26(17,37)24(35)16(22(18)33)25(27)36/h4-5,10,12,17-19,28,30-32,35,37H,6-9H2,1-3H3,(H2,27,36)/t12-,17-,18+,19+,26+/m0/s1.